The molecule has 2 aliphatic carbocycles. The zero-order valence-electron chi connectivity index (χ0n) is 6.93. The Morgan fingerprint density at radius 3 is 2.09 bits per heavy atom. The van der Waals surface area contributed by atoms with Crippen LogP contribution in [0.1, 0.15) is 32.1 Å². The first-order valence-corrected chi connectivity index (χ1v) is 3.94. The minimum Gasteiger partial charge on any atom is -0.550 e. The minimum atomic E-state index is -0.799. The van der Waals surface area contributed by atoms with Gasteiger partial charge in [-0.05, 0) is 38.0 Å². The van der Waals surface area contributed by atoms with Crippen molar-refractivity contribution < 1.29 is 39.5 Å². The third kappa shape index (κ3) is 1.36. The van der Waals surface area contributed by atoms with E-state index in [1.165, 1.54) is 0 Å². The standard InChI is InChI=1S/C8H12O2.Na/c9-7(10)8-3-1-6(5-8)2-4-8;/h6H,1-5H2,(H,9,10);/q;+1/p-1. The van der Waals surface area contributed by atoms with Crippen LogP contribution in [0.4, 0.5) is 0 Å². The summed E-state index contributed by atoms with van der Waals surface area (Å²) in [7, 11) is 0. The number of hydrogen-bond acceptors (Lipinski definition) is 2. The van der Waals surface area contributed by atoms with Gasteiger partial charge in [-0.1, -0.05) is 0 Å². The van der Waals surface area contributed by atoms with E-state index in [-0.39, 0.29) is 35.0 Å². The van der Waals surface area contributed by atoms with Gasteiger partial charge in [-0.2, -0.15) is 0 Å². The van der Waals surface area contributed by atoms with E-state index in [9.17, 15) is 9.90 Å². The van der Waals surface area contributed by atoms with Gasteiger partial charge in [0, 0.05) is 11.4 Å². The number of carbonyl (C=O) groups excluding carboxylic acids is 1. The molecule has 56 valence electrons. The van der Waals surface area contributed by atoms with Gasteiger partial charge in [0.25, 0.3) is 0 Å². The second kappa shape index (κ2) is 3.08. The topological polar surface area (TPSA) is 40.1 Å². The third-order valence-electron chi connectivity index (χ3n) is 3.17. The Kier molecular flexibility index (Phi) is 2.67. The fourth-order valence-electron chi connectivity index (χ4n) is 2.48. The van der Waals surface area contributed by atoms with Crippen LogP contribution in [0, 0.1) is 11.3 Å². The molecule has 0 aromatic heterocycles. The fourth-order valence-corrected chi connectivity index (χ4v) is 2.48. The van der Waals surface area contributed by atoms with Crippen LogP contribution in [-0.4, -0.2) is 5.97 Å². The molecule has 2 bridgehead atoms. The maximum absolute atomic E-state index is 10.7. The van der Waals surface area contributed by atoms with Crippen LogP contribution in [0.2, 0.25) is 0 Å². The molecule has 2 aliphatic rings. The molecule has 2 nitrogen and oxygen atoms in total. The Morgan fingerprint density at radius 1 is 1.36 bits per heavy atom. The summed E-state index contributed by atoms with van der Waals surface area (Å²) >= 11 is 0. The average Bonchev–Trinajstić information content (AvgIpc) is 2.45. The van der Waals surface area contributed by atoms with E-state index in [0.717, 1.165) is 32.1 Å². The quantitative estimate of drug-likeness (QED) is 0.394. The fraction of sp³-hybridized carbons (Fsp3) is 0.875. The SMILES string of the molecule is O=C([O-])C12CCC(CC1)C2.[Na+]. The zero-order chi connectivity index (χ0) is 7.19. The average molecular weight is 162 g/mol. The first-order chi connectivity index (χ1) is 4.73. The number of fused-ring (bicyclic) bond motifs is 2. The van der Waals surface area contributed by atoms with Crippen molar-refractivity contribution >= 4 is 5.97 Å². The van der Waals surface area contributed by atoms with E-state index in [0.29, 0.717) is 5.92 Å². The summed E-state index contributed by atoms with van der Waals surface area (Å²) in [5, 5.41) is 10.7. The van der Waals surface area contributed by atoms with Gasteiger partial charge in [0.15, 0.2) is 0 Å². The molecule has 0 radical (unpaired) electrons. The van der Waals surface area contributed by atoms with Crippen molar-refractivity contribution in [3.05, 3.63) is 0 Å². The predicted octanol–water partition coefficient (Wildman–Crippen LogP) is -2.68. The number of carboxylic acid groups (broad SMARTS) is 1. The zero-order valence-corrected chi connectivity index (χ0v) is 8.93. The van der Waals surface area contributed by atoms with Gasteiger partial charge in [0.1, 0.15) is 0 Å². The van der Waals surface area contributed by atoms with Crippen molar-refractivity contribution in [3.8, 4) is 0 Å². The monoisotopic (exact) mass is 162 g/mol. The first-order valence-electron chi connectivity index (χ1n) is 3.94. The van der Waals surface area contributed by atoms with Gasteiger partial charge >= 0.3 is 29.6 Å². The molecule has 0 N–H and O–H groups in total. The number of carbonyl (C=O) groups is 1. The smallest absolute Gasteiger partial charge is 0.550 e. The molecule has 0 saturated heterocycles. The molecule has 2 fully saturated rings. The number of carboxylic acids is 1. The Bertz CT molecular complexity index is 171. The predicted molar refractivity (Wildman–Crippen MR) is 34.0 cm³/mol. The Hall–Kier alpha value is 0.470. The molecule has 0 spiro atoms. The number of hydrogen-bond donors (Lipinski definition) is 0. The van der Waals surface area contributed by atoms with E-state index in [1.54, 1.807) is 0 Å². The molecule has 0 amide bonds. The minimum absolute atomic E-state index is 0. The summed E-state index contributed by atoms with van der Waals surface area (Å²) in [4.78, 5) is 10.7. The maximum Gasteiger partial charge on any atom is 1.00 e. The van der Waals surface area contributed by atoms with Gasteiger partial charge in [0.2, 0.25) is 0 Å². The molecular formula is C8H11NaO2. The summed E-state index contributed by atoms with van der Waals surface area (Å²) < 4.78 is 0. The summed E-state index contributed by atoms with van der Waals surface area (Å²) in [6.07, 6.45) is 4.89. The number of rotatable bonds is 1. The number of aliphatic carboxylic acids is 1. The van der Waals surface area contributed by atoms with Gasteiger partial charge in [0.05, 0.1) is 0 Å². The van der Waals surface area contributed by atoms with Crippen molar-refractivity contribution in [2.75, 3.05) is 0 Å². The molecular weight excluding hydrogens is 151 g/mol. The molecule has 0 unspecified atom stereocenters. The molecule has 11 heavy (non-hydrogen) atoms. The van der Waals surface area contributed by atoms with Gasteiger partial charge in [-0.25, -0.2) is 0 Å². The van der Waals surface area contributed by atoms with Crippen LogP contribution in [0.25, 0.3) is 0 Å². The molecule has 0 heterocycles. The van der Waals surface area contributed by atoms with E-state index in [2.05, 4.69) is 0 Å². The van der Waals surface area contributed by atoms with Crippen LogP contribution in [-0.2, 0) is 4.79 Å². The summed E-state index contributed by atoms with van der Waals surface area (Å²) in [5.41, 5.74) is -0.384. The largest absolute Gasteiger partial charge is 1.00 e. The summed E-state index contributed by atoms with van der Waals surface area (Å²) in [6.45, 7) is 0. The summed E-state index contributed by atoms with van der Waals surface area (Å²) in [5.74, 6) is -0.0922. The van der Waals surface area contributed by atoms with E-state index < -0.39 is 5.97 Å². The molecule has 0 aliphatic heterocycles. The third-order valence-corrected chi connectivity index (χ3v) is 3.17. The molecule has 0 aromatic carbocycles. The molecule has 0 atom stereocenters. The van der Waals surface area contributed by atoms with E-state index >= 15 is 0 Å². The molecule has 2 rings (SSSR count). The molecule has 2 saturated carbocycles. The molecule has 3 heteroatoms. The molecule has 0 aromatic rings. The van der Waals surface area contributed by atoms with Crippen molar-refractivity contribution in [1.29, 1.82) is 0 Å². The maximum atomic E-state index is 10.7. The second-order valence-corrected chi connectivity index (χ2v) is 3.72. The van der Waals surface area contributed by atoms with E-state index in [4.69, 9.17) is 0 Å². The Balaban J connectivity index is 0.000000605. The van der Waals surface area contributed by atoms with E-state index in [1.807, 2.05) is 0 Å². The summed E-state index contributed by atoms with van der Waals surface area (Å²) in [6, 6.07) is 0. The van der Waals surface area contributed by atoms with Crippen LogP contribution in [0.15, 0.2) is 0 Å². The second-order valence-electron chi connectivity index (χ2n) is 3.72. The van der Waals surface area contributed by atoms with Gasteiger partial charge in [-0.15, -0.1) is 0 Å². The Labute approximate surface area is 88.7 Å². The first kappa shape index (κ1) is 9.56. The van der Waals surface area contributed by atoms with Crippen molar-refractivity contribution in [3.63, 3.8) is 0 Å². The van der Waals surface area contributed by atoms with Crippen LogP contribution in [0.3, 0.4) is 0 Å². The van der Waals surface area contributed by atoms with Crippen molar-refractivity contribution in [2.45, 2.75) is 32.1 Å². The normalized spacial score (nSPS) is 40.2. The van der Waals surface area contributed by atoms with Crippen LogP contribution < -0.4 is 34.7 Å². The van der Waals surface area contributed by atoms with Crippen molar-refractivity contribution in [2.24, 2.45) is 11.3 Å². The van der Waals surface area contributed by atoms with Crippen LogP contribution >= 0.6 is 0 Å². The Morgan fingerprint density at radius 2 is 1.91 bits per heavy atom. The van der Waals surface area contributed by atoms with Crippen LogP contribution in [0.5, 0.6) is 0 Å². The van der Waals surface area contributed by atoms with Gasteiger partial charge < -0.3 is 9.90 Å². The van der Waals surface area contributed by atoms with Gasteiger partial charge in [-0.3, -0.25) is 0 Å². The van der Waals surface area contributed by atoms with Crippen molar-refractivity contribution in [1.82, 2.24) is 0 Å².